The molecule has 29 heavy (non-hydrogen) atoms. The fourth-order valence-corrected chi connectivity index (χ4v) is 4.06. The van der Waals surface area contributed by atoms with Crippen LogP contribution in [0.3, 0.4) is 0 Å². The van der Waals surface area contributed by atoms with Crippen LogP contribution in [0.15, 0.2) is 0 Å². The van der Waals surface area contributed by atoms with E-state index in [1.54, 1.807) is 0 Å². The highest BCUT2D eigenvalue weighted by atomic mass is 16.5. The number of ether oxygens (including phenoxy) is 2. The Morgan fingerprint density at radius 1 is 0.966 bits per heavy atom. The second kappa shape index (κ2) is 15.7. The molecule has 0 aliphatic heterocycles. The molecule has 0 amide bonds. The maximum atomic E-state index is 12.2. The first-order valence-electron chi connectivity index (χ1n) is 11.7. The number of rotatable bonds is 15. The molecule has 2 atom stereocenters. The minimum absolute atomic E-state index is 0.135. The number of carbonyl (C=O) groups excluding carboxylic acids is 2. The van der Waals surface area contributed by atoms with E-state index in [1.807, 2.05) is 13.8 Å². The van der Waals surface area contributed by atoms with Gasteiger partial charge >= 0.3 is 11.9 Å². The molecule has 2 unspecified atom stereocenters. The van der Waals surface area contributed by atoms with E-state index < -0.39 is 0 Å². The number of carbonyl (C=O) groups is 2. The van der Waals surface area contributed by atoms with E-state index in [1.165, 1.54) is 12.8 Å². The molecule has 1 fully saturated rings. The lowest BCUT2D eigenvalue weighted by Crippen LogP contribution is -2.40. The first-order chi connectivity index (χ1) is 14.0. The van der Waals surface area contributed by atoms with E-state index in [9.17, 15) is 14.7 Å². The van der Waals surface area contributed by atoms with Crippen molar-refractivity contribution in [1.82, 2.24) is 5.32 Å². The Morgan fingerprint density at radius 2 is 1.62 bits per heavy atom. The number of unbranched alkanes of at least 4 members (excludes halogenated alkanes) is 3. The van der Waals surface area contributed by atoms with Crippen molar-refractivity contribution in [3.05, 3.63) is 0 Å². The van der Waals surface area contributed by atoms with Crippen LogP contribution >= 0.6 is 0 Å². The van der Waals surface area contributed by atoms with Gasteiger partial charge in [-0.05, 0) is 64.3 Å². The lowest BCUT2D eigenvalue weighted by molar-refractivity contribution is -0.146. The Bertz CT molecular complexity index is 449. The van der Waals surface area contributed by atoms with E-state index in [4.69, 9.17) is 9.47 Å². The van der Waals surface area contributed by atoms with Crippen LogP contribution in [0.2, 0.25) is 0 Å². The lowest BCUT2D eigenvalue weighted by atomic mass is 9.79. The molecular formula is C23H43NO5. The van der Waals surface area contributed by atoms with Gasteiger partial charge in [-0.1, -0.05) is 39.0 Å². The standard InChI is InChI=1S/C23H43NO5/c1-4-28-22(26)11-9-7-6-8-10-20(23(27)29-5-2)24-17-16-21(25)19-14-12-18(3)13-15-19/h18-21,24-25H,4-17H2,1-3H3. The van der Waals surface area contributed by atoms with Crippen LogP contribution in [-0.4, -0.2) is 48.9 Å². The first kappa shape index (κ1) is 25.9. The maximum absolute atomic E-state index is 12.2. The molecule has 0 heterocycles. The third-order valence-corrected chi connectivity index (χ3v) is 5.94. The van der Waals surface area contributed by atoms with Crippen LogP contribution in [0.25, 0.3) is 0 Å². The number of nitrogens with one attached hydrogen (secondary N) is 1. The molecule has 0 saturated heterocycles. The Morgan fingerprint density at radius 3 is 2.28 bits per heavy atom. The maximum Gasteiger partial charge on any atom is 0.323 e. The van der Waals surface area contributed by atoms with Gasteiger partial charge in [-0.3, -0.25) is 9.59 Å². The molecule has 1 saturated carbocycles. The fraction of sp³-hybridized carbons (Fsp3) is 0.913. The number of aliphatic hydroxyl groups excluding tert-OH is 1. The summed E-state index contributed by atoms with van der Waals surface area (Å²) in [4.78, 5) is 23.6. The van der Waals surface area contributed by atoms with Crippen LogP contribution in [0, 0.1) is 11.8 Å². The van der Waals surface area contributed by atoms with Crippen LogP contribution < -0.4 is 5.32 Å². The molecular weight excluding hydrogens is 370 g/mol. The number of hydrogen-bond acceptors (Lipinski definition) is 6. The monoisotopic (exact) mass is 413 g/mol. The van der Waals surface area contributed by atoms with Crippen molar-refractivity contribution in [3.8, 4) is 0 Å². The molecule has 1 rings (SSSR count). The van der Waals surface area contributed by atoms with Gasteiger partial charge in [0, 0.05) is 6.42 Å². The summed E-state index contributed by atoms with van der Waals surface area (Å²) in [6, 6.07) is -0.321. The lowest BCUT2D eigenvalue weighted by Gasteiger charge is -2.30. The highest BCUT2D eigenvalue weighted by molar-refractivity contribution is 5.75. The Kier molecular flexibility index (Phi) is 14.0. The first-order valence-corrected chi connectivity index (χ1v) is 11.7. The Balaban J connectivity index is 2.25. The van der Waals surface area contributed by atoms with Crippen molar-refractivity contribution in [2.75, 3.05) is 19.8 Å². The average molecular weight is 414 g/mol. The summed E-state index contributed by atoms with van der Waals surface area (Å²) < 4.78 is 10.1. The van der Waals surface area contributed by atoms with Crippen LogP contribution in [-0.2, 0) is 19.1 Å². The molecule has 0 bridgehead atoms. The zero-order chi connectivity index (χ0) is 21.5. The van der Waals surface area contributed by atoms with E-state index in [-0.39, 0.29) is 24.1 Å². The van der Waals surface area contributed by atoms with Crippen molar-refractivity contribution in [2.45, 2.75) is 104 Å². The minimum atomic E-state index is -0.321. The molecule has 0 radical (unpaired) electrons. The molecule has 6 heteroatoms. The topological polar surface area (TPSA) is 84.9 Å². The average Bonchev–Trinajstić information content (AvgIpc) is 2.69. The Hall–Kier alpha value is -1.14. The van der Waals surface area contributed by atoms with Crippen LogP contribution in [0.1, 0.15) is 91.4 Å². The van der Waals surface area contributed by atoms with Crippen molar-refractivity contribution < 1.29 is 24.2 Å². The summed E-state index contributed by atoms with van der Waals surface area (Å²) >= 11 is 0. The third kappa shape index (κ3) is 11.6. The molecule has 2 N–H and O–H groups in total. The largest absolute Gasteiger partial charge is 0.466 e. The van der Waals surface area contributed by atoms with Crippen molar-refractivity contribution >= 4 is 11.9 Å². The molecule has 6 nitrogen and oxygen atoms in total. The molecule has 0 aromatic carbocycles. The van der Waals surface area contributed by atoms with Gasteiger partial charge in [-0.25, -0.2) is 0 Å². The SMILES string of the molecule is CCOC(=O)CCCCCCC(NCCC(O)C1CCC(C)CC1)C(=O)OCC. The van der Waals surface area contributed by atoms with E-state index in [0.29, 0.717) is 38.5 Å². The smallest absolute Gasteiger partial charge is 0.323 e. The number of esters is 2. The quantitative estimate of drug-likeness (QED) is 0.312. The second-order valence-corrected chi connectivity index (χ2v) is 8.39. The Labute approximate surface area is 177 Å². The second-order valence-electron chi connectivity index (χ2n) is 8.39. The fourth-order valence-electron chi connectivity index (χ4n) is 4.06. The zero-order valence-corrected chi connectivity index (χ0v) is 18.8. The molecule has 170 valence electrons. The van der Waals surface area contributed by atoms with Gasteiger partial charge in [0.05, 0.1) is 19.3 Å². The molecule has 1 aliphatic rings. The highest BCUT2D eigenvalue weighted by Crippen LogP contribution is 2.31. The van der Waals surface area contributed by atoms with Crippen LogP contribution in [0.5, 0.6) is 0 Å². The third-order valence-electron chi connectivity index (χ3n) is 5.94. The van der Waals surface area contributed by atoms with Gasteiger partial charge in [0.15, 0.2) is 0 Å². The molecule has 1 aliphatic carbocycles. The summed E-state index contributed by atoms with van der Waals surface area (Å²) in [6.45, 7) is 7.34. The molecule has 0 aromatic rings. The van der Waals surface area contributed by atoms with Gasteiger partial charge < -0.3 is 19.9 Å². The molecule has 0 spiro atoms. The van der Waals surface area contributed by atoms with Gasteiger partial charge in [-0.15, -0.1) is 0 Å². The van der Waals surface area contributed by atoms with Gasteiger partial charge in [0.25, 0.3) is 0 Å². The van der Waals surface area contributed by atoms with E-state index in [0.717, 1.165) is 50.9 Å². The highest BCUT2D eigenvalue weighted by Gasteiger charge is 2.25. The normalized spacial score (nSPS) is 21.4. The van der Waals surface area contributed by atoms with E-state index >= 15 is 0 Å². The number of hydrogen-bond donors (Lipinski definition) is 2. The summed E-state index contributed by atoms with van der Waals surface area (Å²) in [7, 11) is 0. The van der Waals surface area contributed by atoms with Gasteiger partial charge in [-0.2, -0.15) is 0 Å². The van der Waals surface area contributed by atoms with Crippen molar-refractivity contribution in [1.29, 1.82) is 0 Å². The minimum Gasteiger partial charge on any atom is -0.466 e. The number of aliphatic hydroxyl groups is 1. The summed E-state index contributed by atoms with van der Waals surface area (Å²) in [5.41, 5.74) is 0. The summed E-state index contributed by atoms with van der Waals surface area (Å²) in [5, 5.41) is 13.8. The summed E-state index contributed by atoms with van der Waals surface area (Å²) in [6.07, 6.45) is 9.84. The van der Waals surface area contributed by atoms with Crippen LogP contribution in [0.4, 0.5) is 0 Å². The van der Waals surface area contributed by atoms with Gasteiger partial charge in [0.1, 0.15) is 6.04 Å². The zero-order valence-electron chi connectivity index (χ0n) is 18.8. The van der Waals surface area contributed by atoms with E-state index in [2.05, 4.69) is 12.2 Å². The van der Waals surface area contributed by atoms with Crippen molar-refractivity contribution in [3.63, 3.8) is 0 Å². The summed E-state index contributed by atoms with van der Waals surface area (Å²) in [5.74, 6) is 0.833. The van der Waals surface area contributed by atoms with Crippen molar-refractivity contribution in [2.24, 2.45) is 11.8 Å². The van der Waals surface area contributed by atoms with Gasteiger partial charge in [0.2, 0.25) is 0 Å². The predicted molar refractivity (Wildman–Crippen MR) is 115 cm³/mol. The molecule has 0 aromatic heterocycles. The predicted octanol–water partition coefficient (Wildman–Crippen LogP) is 3.99.